The lowest BCUT2D eigenvalue weighted by Gasteiger charge is -2.47. The second-order valence-corrected chi connectivity index (χ2v) is 8.09. The number of piperazine rings is 3. The molecule has 2 unspecified atom stereocenters. The Labute approximate surface area is 159 Å². The van der Waals surface area contributed by atoms with Gasteiger partial charge in [-0.15, -0.1) is 24.0 Å². The van der Waals surface area contributed by atoms with E-state index in [1.165, 1.54) is 45.6 Å². The van der Waals surface area contributed by atoms with E-state index in [9.17, 15) is 0 Å². The standard InChI is InChI=1S/C17H35N5.HI/c1-14(6-7-17(2,3)4)20-16(18-5)19-12-15-13-21-8-10-22(15)11-9-21;/h14-15H,6-13H2,1-5H3,(H2,18,19,20);1H. The molecule has 0 radical (unpaired) electrons. The number of fused-ring (bicyclic) bond motifs is 3. The SMILES string of the molecule is CN=C(NCC1CN2CCN1CC2)NC(C)CCC(C)(C)C.I. The van der Waals surface area contributed by atoms with Gasteiger partial charge in [0.05, 0.1) is 0 Å². The predicted molar refractivity (Wildman–Crippen MR) is 110 cm³/mol. The highest BCUT2D eigenvalue weighted by atomic mass is 127. The quantitative estimate of drug-likeness (QED) is 0.392. The molecule has 0 amide bonds. The van der Waals surface area contributed by atoms with Crippen LogP contribution >= 0.6 is 24.0 Å². The molecule has 136 valence electrons. The third kappa shape index (κ3) is 7.13. The second kappa shape index (κ2) is 9.42. The van der Waals surface area contributed by atoms with Crippen LogP contribution in [0.25, 0.3) is 0 Å². The highest BCUT2D eigenvalue weighted by Gasteiger charge is 2.31. The fourth-order valence-electron chi connectivity index (χ4n) is 3.28. The van der Waals surface area contributed by atoms with E-state index >= 15 is 0 Å². The van der Waals surface area contributed by atoms with Crippen molar-refractivity contribution in [1.82, 2.24) is 20.4 Å². The van der Waals surface area contributed by atoms with Crippen LogP contribution in [-0.2, 0) is 0 Å². The van der Waals surface area contributed by atoms with Crippen LogP contribution < -0.4 is 10.6 Å². The lowest BCUT2D eigenvalue weighted by molar-refractivity contribution is 0.0154. The summed E-state index contributed by atoms with van der Waals surface area (Å²) in [5.74, 6) is 0.944. The molecular formula is C17H36IN5. The number of hydrogen-bond donors (Lipinski definition) is 2. The molecule has 3 fully saturated rings. The maximum Gasteiger partial charge on any atom is 0.191 e. The van der Waals surface area contributed by atoms with E-state index in [2.05, 4.69) is 53.1 Å². The molecule has 0 aliphatic carbocycles. The van der Waals surface area contributed by atoms with Crippen LogP contribution in [0.15, 0.2) is 4.99 Å². The third-order valence-corrected chi connectivity index (χ3v) is 4.83. The Morgan fingerprint density at radius 3 is 2.35 bits per heavy atom. The van der Waals surface area contributed by atoms with Gasteiger partial charge in [0.2, 0.25) is 0 Å². The number of aliphatic imine (C=N–C) groups is 1. The van der Waals surface area contributed by atoms with Crippen LogP contribution in [0.3, 0.4) is 0 Å². The van der Waals surface area contributed by atoms with Gasteiger partial charge >= 0.3 is 0 Å². The van der Waals surface area contributed by atoms with E-state index in [-0.39, 0.29) is 24.0 Å². The van der Waals surface area contributed by atoms with Gasteiger partial charge in [0.15, 0.2) is 5.96 Å². The van der Waals surface area contributed by atoms with Crippen LogP contribution in [-0.4, -0.2) is 74.2 Å². The van der Waals surface area contributed by atoms with Crippen LogP contribution in [0.5, 0.6) is 0 Å². The normalized spacial score (nSPS) is 28.9. The first-order chi connectivity index (χ1) is 10.4. The van der Waals surface area contributed by atoms with Crippen LogP contribution in [0.1, 0.15) is 40.5 Å². The van der Waals surface area contributed by atoms with Crippen LogP contribution in [0.2, 0.25) is 0 Å². The minimum atomic E-state index is 0. The number of halogens is 1. The van der Waals surface area contributed by atoms with Gasteiger partial charge in [0, 0.05) is 58.4 Å². The fraction of sp³-hybridized carbons (Fsp3) is 0.941. The van der Waals surface area contributed by atoms with E-state index in [1.807, 2.05) is 7.05 Å². The molecule has 2 N–H and O–H groups in total. The number of guanidine groups is 1. The molecule has 3 rings (SSSR count). The van der Waals surface area contributed by atoms with Crippen molar-refractivity contribution in [3.8, 4) is 0 Å². The molecule has 5 nitrogen and oxygen atoms in total. The van der Waals surface area contributed by atoms with Crippen molar-refractivity contribution in [1.29, 1.82) is 0 Å². The lowest BCUT2D eigenvalue weighted by atomic mass is 9.89. The van der Waals surface area contributed by atoms with Gasteiger partial charge in [-0.25, -0.2) is 0 Å². The summed E-state index contributed by atoms with van der Waals surface area (Å²) >= 11 is 0. The maximum absolute atomic E-state index is 4.38. The molecule has 0 spiro atoms. The van der Waals surface area contributed by atoms with Crippen molar-refractivity contribution < 1.29 is 0 Å². The van der Waals surface area contributed by atoms with Gasteiger partial charge in [-0.1, -0.05) is 20.8 Å². The molecule has 0 saturated carbocycles. The molecular weight excluding hydrogens is 401 g/mol. The predicted octanol–water partition coefficient (Wildman–Crippen LogP) is 1.98. The minimum absolute atomic E-state index is 0. The first-order valence-corrected chi connectivity index (χ1v) is 8.81. The molecule has 3 aliphatic rings. The summed E-state index contributed by atoms with van der Waals surface area (Å²) in [6, 6.07) is 1.09. The summed E-state index contributed by atoms with van der Waals surface area (Å²) in [4.78, 5) is 9.57. The molecule has 2 atom stereocenters. The molecule has 2 bridgehead atoms. The highest BCUT2D eigenvalue weighted by molar-refractivity contribution is 14.0. The van der Waals surface area contributed by atoms with Gasteiger partial charge in [-0.2, -0.15) is 0 Å². The monoisotopic (exact) mass is 437 g/mol. The Kier molecular flexibility index (Phi) is 8.58. The Hall–Kier alpha value is -0.0800. The van der Waals surface area contributed by atoms with Gasteiger partial charge in [-0.3, -0.25) is 14.8 Å². The van der Waals surface area contributed by atoms with Gasteiger partial charge in [0.25, 0.3) is 0 Å². The topological polar surface area (TPSA) is 42.9 Å². The largest absolute Gasteiger partial charge is 0.355 e. The van der Waals surface area contributed by atoms with Crippen LogP contribution in [0, 0.1) is 5.41 Å². The Morgan fingerprint density at radius 1 is 1.22 bits per heavy atom. The summed E-state index contributed by atoms with van der Waals surface area (Å²) in [6.45, 7) is 16.3. The molecule has 3 aliphatic heterocycles. The first-order valence-electron chi connectivity index (χ1n) is 8.81. The summed E-state index contributed by atoms with van der Waals surface area (Å²) in [6.07, 6.45) is 2.40. The molecule has 6 heteroatoms. The van der Waals surface area contributed by atoms with Crippen molar-refractivity contribution in [2.75, 3.05) is 46.3 Å². The zero-order valence-electron chi connectivity index (χ0n) is 15.6. The zero-order valence-corrected chi connectivity index (χ0v) is 17.9. The van der Waals surface area contributed by atoms with Gasteiger partial charge in [-0.05, 0) is 25.2 Å². The maximum atomic E-state index is 4.38. The van der Waals surface area contributed by atoms with Crippen molar-refractivity contribution in [3.63, 3.8) is 0 Å². The van der Waals surface area contributed by atoms with E-state index in [0.717, 1.165) is 12.5 Å². The van der Waals surface area contributed by atoms with Crippen molar-refractivity contribution in [3.05, 3.63) is 0 Å². The molecule has 0 aromatic carbocycles. The van der Waals surface area contributed by atoms with E-state index in [4.69, 9.17) is 0 Å². The fourth-order valence-corrected chi connectivity index (χ4v) is 3.28. The number of rotatable bonds is 5. The molecule has 23 heavy (non-hydrogen) atoms. The zero-order chi connectivity index (χ0) is 16.2. The van der Waals surface area contributed by atoms with Crippen LogP contribution in [0.4, 0.5) is 0 Å². The summed E-state index contributed by atoms with van der Waals surface area (Å²) in [5.41, 5.74) is 0.399. The van der Waals surface area contributed by atoms with Gasteiger partial charge < -0.3 is 10.6 Å². The Balaban J connectivity index is 0.00000264. The van der Waals surface area contributed by atoms with E-state index in [1.54, 1.807) is 0 Å². The van der Waals surface area contributed by atoms with Gasteiger partial charge in [0.1, 0.15) is 0 Å². The smallest absolute Gasteiger partial charge is 0.191 e. The molecule has 0 aromatic rings. The number of hydrogen-bond acceptors (Lipinski definition) is 3. The van der Waals surface area contributed by atoms with E-state index in [0.29, 0.717) is 17.5 Å². The Morgan fingerprint density at radius 2 is 1.87 bits per heavy atom. The first kappa shape index (κ1) is 21.0. The number of nitrogens with one attached hydrogen (secondary N) is 2. The van der Waals surface area contributed by atoms with Crippen molar-refractivity contribution >= 4 is 29.9 Å². The summed E-state index contributed by atoms with van der Waals surface area (Å²) in [7, 11) is 1.86. The average molecular weight is 437 g/mol. The Bertz CT molecular complexity index is 372. The molecule has 3 heterocycles. The highest BCUT2D eigenvalue weighted by Crippen LogP contribution is 2.21. The number of nitrogens with zero attached hydrogens (tertiary/aromatic N) is 3. The molecule has 3 saturated heterocycles. The summed E-state index contributed by atoms with van der Waals surface area (Å²) < 4.78 is 0. The summed E-state index contributed by atoms with van der Waals surface area (Å²) in [5, 5.41) is 7.05. The lowest BCUT2D eigenvalue weighted by Crippen LogP contribution is -2.64. The average Bonchev–Trinajstić information content (AvgIpc) is 2.50. The molecule has 0 aromatic heterocycles. The van der Waals surface area contributed by atoms with Crippen molar-refractivity contribution in [2.45, 2.75) is 52.6 Å². The third-order valence-electron chi connectivity index (χ3n) is 4.83. The van der Waals surface area contributed by atoms with Crippen molar-refractivity contribution in [2.24, 2.45) is 10.4 Å². The minimum Gasteiger partial charge on any atom is -0.355 e. The second-order valence-electron chi connectivity index (χ2n) is 8.09. The van der Waals surface area contributed by atoms with E-state index < -0.39 is 0 Å².